The number of ether oxygens (including phenoxy) is 1. The molecule has 4 rings (SSSR count). The largest absolute Gasteiger partial charge is 0.465 e. The number of aliphatic imine (C=N–C) groups is 1. The minimum atomic E-state index is -4.07. The summed E-state index contributed by atoms with van der Waals surface area (Å²) < 4.78 is 62.0. The summed E-state index contributed by atoms with van der Waals surface area (Å²) in [4.78, 5) is 18.1. The topological polar surface area (TPSA) is 120 Å². The summed E-state index contributed by atoms with van der Waals surface area (Å²) in [5.41, 5.74) is 7.15. The van der Waals surface area contributed by atoms with Gasteiger partial charge in [-0.15, -0.1) is 0 Å². The Hall–Kier alpha value is -3.38. The molecule has 2 aliphatic rings. The number of halogens is 2. The van der Waals surface area contributed by atoms with Crippen LogP contribution in [0, 0.1) is 11.2 Å². The van der Waals surface area contributed by atoms with E-state index in [1.165, 1.54) is 47.5 Å². The van der Waals surface area contributed by atoms with E-state index in [4.69, 9.17) is 10.5 Å². The Kier molecular flexibility index (Phi) is 8.12. The predicted molar refractivity (Wildman–Crippen MR) is 138 cm³/mol. The highest BCUT2D eigenvalue weighted by Gasteiger charge is 2.52. The summed E-state index contributed by atoms with van der Waals surface area (Å²) in [7, 11) is -2.48. The van der Waals surface area contributed by atoms with E-state index in [1.807, 2.05) is 0 Å². The molecule has 1 aromatic carbocycles. The first kappa shape index (κ1) is 27.6. The van der Waals surface area contributed by atoms with Gasteiger partial charge in [0.2, 0.25) is 10.0 Å². The van der Waals surface area contributed by atoms with Crippen molar-refractivity contribution < 1.29 is 26.7 Å². The van der Waals surface area contributed by atoms with Crippen LogP contribution in [0.1, 0.15) is 32.6 Å². The summed E-state index contributed by atoms with van der Waals surface area (Å²) in [6.45, 7) is 0.605. The van der Waals surface area contributed by atoms with Crippen molar-refractivity contribution in [1.29, 1.82) is 0 Å². The zero-order valence-corrected chi connectivity index (χ0v) is 22.1. The van der Waals surface area contributed by atoms with E-state index >= 15 is 0 Å². The Morgan fingerprint density at radius 1 is 1.37 bits per heavy atom. The fraction of sp³-hybridized carbons (Fsp3) is 0.423. The maximum Gasteiger partial charge on any atom is 0.316 e. The number of aryl methyl sites for hydroxylation is 1. The number of hydrogen-bond acceptors (Lipinski definition) is 7. The molecule has 2 N–H and O–H groups in total. The molecule has 0 aliphatic heterocycles. The molecule has 2 aromatic rings. The Morgan fingerprint density at radius 3 is 2.71 bits per heavy atom. The number of nitrogens with two attached hydrogens (primary N) is 1. The SMILES string of the molecule is CCOC(=O)[C@]12CC(=CN)C(=Nc3ccc(F)cc3)C=C1CC[C@H](N(CCF)S(=O)(=O)c1cnn(C)c1)C2. The van der Waals surface area contributed by atoms with Crippen LogP contribution in [0.5, 0.6) is 0 Å². The van der Waals surface area contributed by atoms with Crippen molar-refractivity contribution in [1.82, 2.24) is 14.1 Å². The molecule has 2 aliphatic carbocycles. The fourth-order valence-electron chi connectivity index (χ4n) is 5.22. The monoisotopic (exact) mass is 547 g/mol. The van der Waals surface area contributed by atoms with Gasteiger partial charge in [0.25, 0.3) is 0 Å². The highest BCUT2D eigenvalue weighted by atomic mass is 32.2. The van der Waals surface area contributed by atoms with Gasteiger partial charge in [-0.2, -0.15) is 9.40 Å². The lowest BCUT2D eigenvalue weighted by Crippen LogP contribution is -2.51. The molecule has 12 heteroatoms. The van der Waals surface area contributed by atoms with Crippen molar-refractivity contribution in [3.63, 3.8) is 0 Å². The third-order valence-corrected chi connectivity index (χ3v) is 8.93. The third-order valence-electron chi connectivity index (χ3n) is 7.02. The third kappa shape index (κ3) is 5.28. The van der Waals surface area contributed by atoms with Crippen molar-refractivity contribution >= 4 is 27.4 Å². The second-order valence-electron chi connectivity index (χ2n) is 9.37. The Morgan fingerprint density at radius 2 is 2.11 bits per heavy atom. The summed E-state index contributed by atoms with van der Waals surface area (Å²) in [5.74, 6) is -0.876. The fourth-order valence-corrected chi connectivity index (χ4v) is 6.84. The van der Waals surface area contributed by atoms with E-state index in [1.54, 1.807) is 20.0 Å². The number of alkyl halides is 1. The molecule has 38 heavy (non-hydrogen) atoms. The van der Waals surface area contributed by atoms with Crippen LogP contribution in [0.4, 0.5) is 14.5 Å². The normalized spacial score (nSPS) is 23.9. The lowest BCUT2D eigenvalue weighted by Gasteiger charge is -2.46. The molecule has 1 fully saturated rings. The maximum absolute atomic E-state index is 13.7. The van der Waals surface area contributed by atoms with Crippen LogP contribution < -0.4 is 5.73 Å². The molecule has 204 valence electrons. The number of carbonyl (C=O) groups is 1. The predicted octanol–water partition coefficient (Wildman–Crippen LogP) is 3.57. The van der Waals surface area contributed by atoms with Crippen molar-refractivity contribution in [3.05, 3.63) is 65.9 Å². The maximum atomic E-state index is 13.7. The molecule has 1 heterocycles. The smallest absolute Gasteiger partial charge is 0.316 e. The number of aromatic nitrogens is 2. The molecule has 1 aromatic heterocycles. The number of esters is 1. The highest BCUT2D eigenvalue weighted by molar-refractivity contribution is 7.89. The van der Waals surface area contributed by atoms with Gasteiger partial charge in [-0.1, -0.05) is 5.57 Å². The molecular weight excluding hydrogens is 516 g/mol. The van der Waals surface area contributed by atoms with E-state index in [0.29, 0.717) is 29.8 Å². The molecular formula is C26H31F2N5O4S. The van der Waals surface area contributed by atoms with Crippen LogP contribution in [0.3, 0.4) is 0 Å². The number of nitrogens with zero attached hydrogens (tertiary/aromatic N) is 4. The number of allylic oxidation sites excluding steroid dienone is 2. The van der Waals surface area contributed by atoms with Crippen LogP contribution in [0.2, 0.25) is 0 Å². The highest BCUT2D eigenvalue weighted by Crippen LogP contribution is 2.51. The van der Waals surface area contributed by atoms with E-state index in [9.17, 15) is 22.0 Å². The lowest BCUT2D eigenvalue weighted by atomic mass is 9.62. The average Bonchev–Trinajstić information content (AvgIpc) is 3.35. The van der Waals surface area contributed by atoms with Gasteiger partial charge in [0.15, 0.2) is 0 Å². The van der Waals surface area contributed by atoms with Gasteiger partial charge < -0.3 is 10.5 Å². The van der Waals surface area contributed by atoms with Crippen molar-refractivity contribution in [2.75, 3.05) is 19.8 Å². The van der Waals surface area contributed by atoms with Gasteiger partial charge in [-0.05, 0) is 74.7 Å². The van der Waals surface area contributed by atoms with Gasteiger partial charge in [0, 0.05) is 25.8 Å². The number of fused-ring (bicyclic) bond motifs is 1. The van der Waals surface area contributed by atoms with E-state index in [0.717, 1.165) is 9.88 Å². The van der Waals surface area contributed by atoms with E-state index < -0.39 is 34.1 Å². The molecule has 0 spiro atoms. The Bertz CT molecular complexity index is 1380. The number of rotatable bonds is 8. The van der Waals surface area contributed by atoms with Crippen LogP contribution in [0.15, 0.2) is 70.0 Å². The number of benzene rings is 1. The second-order valence-corrected chi connectivity index (χ2v) is 11.3. The molecule has 2 atom stereocenters. The number of sulfonamides is 1. The minimum absolute atomic E-state index is 0.0418. The first-order valence-electron chi connectivity index (χ1n) is 12.3. The van der Waals surface area contributed by atoms with Crippen molar-refractivity contribution in [3.8, 4) is 0 Å². The van der Waals surface area contributed by atoms with E-state index in [-0.39, 0.29) is 36.7 Å². The minimum Gasteiger partial charge on any atom is -0.465 e. The number of carbonyl (C=O) groups excluding carboxylic acids is 1. The molecule has 0 unspecified atom stereocenters. The zero-order valence-electron chi connectivity index (χ0n) is 21.3. The molecule has 0 amide bonds. The molecule has 0 saturated heterocycles. The zero-order chi connectivity index (χ0) is 27.5. The Balaban J connectivity index is 1.76. The van der Waals surface area contributed by atoms with Crippen LogP contribution in [0.25, 0.3) is 0 Å². The summed E-state index contributed by atoms with van der Waals surface area (Å²) in [6.07, 6.45) is 6.72. The van der Waals surface area contributed by atoms with Gasteiger partial charge >= 0.3 is 5.97 Å². The quantitative estimate of drug-likeness (QED) is 0.505. The van der Waals surface area contributed by atoms with Gasteiger partial charge in [-0.3, -0.25) is 9.48 Å². The van der Waals surface area contributed by atoms with Crippen LogP contribution >= 0.6 is 0 Å². The Labute approximate surface area is 220 Å². The van der Waals surface area contributed by atoms with Crippen molar-refractivity contribution in [2.24, 2.45) is 23.2 Å². The second kappa shape index (κ2) is 11.2. The van der Waals surface area contributed by atoms with Gasteiger partial charge in [-0.25, -0.2) is 22.2 Å². The molecule has 9 nitrogen and oxygen atoms in total. The van der Waals surface area contributed by atoms with Gasteiger partial charge in [0.1, 0.15) is 17.4 Å². The van der Waals surface area contributed by atoms with Gasteiger partial charge in [0.05, 0.1) is 29.6 Å². The van der Waals surface area contributed by atoms with E-state index in [2.05, 4.69) is 10.1 Å². The lowest BCUT2D eigenvalue weighted by molar-refractivity contribution is -0.155. The number of hydrogen-bond donors (Lipinski definition) is 1. The van der Waals surface area contributed by atoms with Crippen LogP contribution in [-0.2, 0) is 26.6 Å². The first-order valence-corrected chi connectivity index (χ1v) is 13.8. The summed E-state index contributed by atoms with van der Waals surface area (Å²) in [5, 5.41) is 3.95. The molecule has 0 bridgehead atoms. The summed E-state index contributed by atoms with van der Waals surface area (Å²) >= 11 is 0. The molecule has 0 radical (unpaired) electrons. The average molecular weight is 548 g/mol. The molecule has 1 saturated carbocycles. The first-order chi connectivity index (χ1) is 18.1. The van der Waals surface area contributed by atoms with Crippen molar-refractivity contribution in [2.45, 2.75) is 43.5 Å². The standard InChI is InChI=1S/C26H31F2N5O4S/c1-3-37-25(34)26-13-18(15-29)24(31-21-7-5-20(28)6-8-21)12-19(26)4-9-22(14-26)33(11-10-27)38(35,36)23-16-30-32(2)17-23/h5-8,12,15-17,22H,3-4,9-11,13-14,29H2,1-2H3/t22-,26-/m0/s1. The summed E-state index contributed by atoms with van der Waals surface area (Å²) in [6, 6.07) is 5.02. The van der Waals surface area contributed by atoms with Crippen LogP contribution in [-0.4, -0.2) is 60.1 Å².